The Morgan fingerprint density at radius 2 is 0.565 bits per heavy atom. The standard InChI is InChI=1S/C73H134O17P2/c1-5-9-13-17-21-25-29-31-32-33-34-36-40-42-46-50-54-58-71(76)84-64-69(90-73(78)60-56-52-48-44-38-28-24-20-16-12-8-4)66-88-92(81,82)86-62-67(74)61-85-91(79,80)87-65-68(89-72(77)59-55-51-47-43-37-27-23-19-15-11-7-3)63-83-70(75)57-53-49-45-41-39-35-30-26-22-18-14-10-6-2/h9,13,21,25,31-32,34,36,67-69,74H,5-8,10-12,14-20,22-24,26-30,33,35,37-66H2,1-4H3,(H,79,80)(H,81,82)/b13-9-,25-21-,32-31-,36-34-. The highest BCUT2D eigenvalue weighted by Gasteiger charge is 2.30. The highest BCUT2D eigenvalue weighted by Crippen LogP contribution is 2.45. The van der Waals surface area contributed by atoms with Crippen LogP contribution in [0.4, 0.5) is 0 Å². The van der Waals surface area contributed by atoms with Gasteiger partial charge < -0.3 is 33.8 Å². The average molecular weight is 1350 g/mol. The monoisotopic (exact) mass is 1340 g/mol. The Balaban J connectivity index is 5.27. The van der Waals surface area contributed by atoms with Crippen LogP contribution in [0, 0.1) is 0 Å². The minimum atomic E-state index is -4.96. The summed E-state index contributed by atoms with van der Waals surface area (Å²) < 4.78 is 68.3. The highest BCUT2D eigenvalue weighted by molar-refractivity contribution is 7.47. The van der Waals surface area contributed by atoms with Crippen LogP contribution in [-0.2, 0) is 65.4 Å². The minimum Gasteiger partial charge on any atom is -0.462 e. The molecule has 0 aliphatic carbocycles. The van der Waals surface area contributed by atoms with Crippen molar-refractivity contribution in [2.45, 2.75) is 354 Å². The second kappa shape index (κ2) is 66.6. The number of allylic oxidation sites excluding steroid dienone is 8. The zero-order valence-corrected chi connectivity index (χ0v) is 60.3. The van der Waals surface area contributed by atoms with E-state index in [1.54, 1.807) is 0 Å². The van der Waals surface area contributed by atoms with Gasteiger partial charge in [0, 0.05) is 25.7 Å². The summed E-state index contributed by atoms with van der Waals surface area (Å²) in [5.74, 6) is -2.17. The van der Waals surface area contributed by atoms with Crippen LogP contribution < -0.4 is 0 Å². The van der Waals surface area contributed by atoms with E-state index in [-0.39, 0.29) is 25.7 Å². The number of phosphoric acid groups is 2. The molecule has 0 saturated heterocycles. The Labute approximate surface area is 559 Å². The molecule has 538 valence electrons. The molecular weight excluding hydrogens is 1210 g/mol. The molecule has 0 aromatic carbocycles. The molecule has 0 heterocycles. The van der Waals surface area contributed by atoms with Crippen molar-refractivity contribution in [3.05, 3.63) is 48.6 Å². The van der Waals surface area contributed by atoms with E-state index in [4.69, 9.17) is 37.0 Å². The number of unbranched alkanes of at least 4 members (excludes halogenated alkanes) is 36. The zero-order chi connectivity index (χ0) is 67.5. The molecule has 19 heteroatoms. The quantitative estimate of drug-likeness (QED) is 0.0169. The van der Waals surface area contributed by atoms with Gasteiger partial charge in [-0.3, -0.25) is 37.3 Å². The van der Waals surface area contributed by atoms with Crippen molar-refractivity contribution < 1.29 is 80.2 Å². The fourth-order valence-corrected chi connectivity index (χ4v) is 11.8. The maximum atomic E-state index is 13.0. The third-order valence-corrected chi connectivity index (χ3v) is 17.7. The summed E-state index contributed by atoms with van der Waals surface area (Å²) in [5, 5.41) is 10.6. The van der Waals surface area contributed by atoms with Crippen molar-refractivity contribution in [3.8, 4) is 0 Å². The summed E-state index contributed by atoms with van der Waals surface area (Å²) in [6.45, 7) is 4.76. The molecule has 0 aromatic heterocycles. The Bertz CT molecular complexity index is 1940. The van der Waals surface area contributed by atoms with Crippen LogP contribution in [0.5, 0.6) is 0 Å². The minimum absolute atomic E-state index is 0.0958. The number of aliphatic hydroxyl groups excluding tert-OH is 1. The first-order valence-electron chi connectivity index (χ1n) is 36.9. The SMILES string of the molecule is CC/C=C\C/C=C\C/C=C\C/C=C\CCCCCCC(=O)OCC(COP(=O)(O)OCC(O)COP(=O)(O)OCC(COC(=O)CCCCCCCCCCCCCCC)OC(=O)CCCCCCCCCCCCC)OC(=O)CCCCCCCCCCCCC. The van der Waals surface area contributed by atoms with E-state index in [2.05, 4.69) is 76.3 Å². The molecule has 0 spiro atoms. The lowest BCUT2D eigenvalue weighted by atomic mass is 10.0. The number of hydrogen-bond donors (Lipinski definition) is 3. The van der Waals surface area contributed by atoms with Gasteiger partial charge in [-0.05, 0) is 64.2 Å². The van der Waals surface area contributed by atoms with E-state index in [0.717, 1.165) is 122 Å². The summed E-state index contributed by atoms with van der Waals surface area (Å²) in [5.41, 5.74) is 0. The summed E-state index contributed by atoms with van der Waals surface area (Å²) in [4.78, 5) is 72.6. The molecule has 0 bridgehead atoms. The van der Waals surface area contributed by atoms with Gasteiger partial charge in [-0.1, -0.05) is 295 Å². The van der Waals surface area contributed by atoms with Crippen LogP contribution >= 0.6 is 15.6 Å². The van der Waals surface area contributed by atoms with E-state index >= 15 is 0 Å². The third kappa shape index (κ3) is 65.7. The predicted octanol–water partition coefficient (Wildman–Crippen LogP) is 20.6. The summed E-state index contributed by atoms with van der Waals surface area (Å²) in [6.07, 6.45) is 61.1. The number of carbonyl (C=O) groups excluding carboxylic acids is 4. The summed E-state index contributed by atoms with van der Waals surface area (Å²) in [7, 11) is -9.92. The Kier molecular flexibility index (Phi) is 64.5. The van der Waals surface area contributed by atoms with Crippen molar-refractivity contribution in [2.24, 2.45) is 0 Å². The maximum Gasteiger partial charge on any atom is 0.472 e. The zero-order valence-electron chi connectivity index (χ0n) is 58.5. The van der Waals surface area contributed by atoms with Crippen LogP contribution in [0.25, 0.3) is 0 Å². The van der Waals surface area contributed by atoms with Crippen LogP contribution in [-0.4, -0.2) is 96.7 Å². The summed E-state index contributed by atoms with van der Waals surface area (Å²) >= 11 is 0. The molecular formula is C73H134O17P2. The second-order valence-corrected chi connectivity index (χ2v) is 27.8. The molecule has 0 radical (unpaired) electrons. The highest BCUT2D eigenvalue weighted by atomic mass is 31.2. The van der Waals surface area contributed by atoms with Crippen LogP contribution in [0.1, 0.15) is 336 Å². The van der Waals surface area contributed by atoms with Crippen LogP contribution in [0.2, 0.25) is 0 Å². The molecule has 0 aliphatic heterocycles. The van der Waals surface area contributed by atoms with E-state index in [1.165, 1.54) is 135 Å². The fraction of sp³-hybridized carbons (Fsp3) is 0.836. The smallest absolute Gasteiger partial charge is 0.462 e. The fourth-order valence-electron chi connectivity index (χ4n) is 10.2. The molecule has 0 fully saturated rings. The largest absolute Gasteiger partial charge is 0.472 e. The molecule has 3 N–H and O–H groups in total. The van der Waals surface area contributed by atoms with Crippen molar-refractivity contribution >= 4 is 39.5 Å². The lowest BCUT2D eigenvalue weighted by Crippen LogP contribution is -2.30. The normalized spacial score (nSPS) is 14.3. The van der Waals surface area contributed by atoms with Gasteiger partial charge in [-0.15, -0.1) is 0 Å². The Morgan fingerprint density at radius 1 is 0.315 bits per heavy atom. The van der Waals surface area contributed by atoms with E-state index in [0.29, 0.717) is 25.7 Å². The molecule has 0 saturated carbocycles. The molecule has 92 heavy (non-hydrogen) atoms. The molecule has 0 amide bonds. The number of ether oxygens (including phenoxy) is 4. The van der Waals surface area contributed by atoms with Gasteiger partial charge in [0.2, 0.25) is 0 Å². The average Bonchev–Trinajstić information content (AvgIpc) is 2.31. The first-order valence-corrected chi connectivity index (χ1v) is 39.9. The van der Waals surface area contributed by atoms with Gasteiger partial charge in [0.1, 0.15) is 19.3 Å². The van der Waals surface area contributed by atoms with Crippen molar-refractivity contribution in [1.29, 1.82) is 0 Å². The predicted molar refractivity (Wildman–Crippen MR) is 372 cm³/mol. The molecule has 0 rings (SSSR count). The molecule has 5 atom stereocenters. The first-order chi connectivity index (χ1) is 44.7. The molecule has 5 unspecified atom stereocenters. The Hall–Kier alpha value is -2.98. The van der Waals surface area contributed by atoms with Crippen LogP contribution in [0.3, 0.4) is 0 Å². The van der Waals surface area contributed by atoms with E-state index < -0.39 is 97.5 Å². The number of esters is 4. The molecule has 0 aliphatic rings. The van der Waals surface area contributed by atoms with Gasteiger partial charge in [0.15, 0.2) is 12.2 Å². The number of aliphatic hydroxyl groups is 1. The number of phosphoric ester groups is 2. The van der Waals surface area contributed by atoms with Crippen molar-refractivity contribution in [3.63, 3.8) is 0 Å². The van der Waals surface area contributed by atoms with Gasteiger partial charge in [-0.25, -0.2) is 9.13 Å². The van der Waals surface area contributed by atoms with Crippen LogP contribution in [0.15, 0.2) is 48.6 Å². The van der Waals surface area contributed by atoms with Crippen molar-refractivity contribution in [1.82, 2.24) is 0 Å². The lowest BCUT2D eigenvalue weighted by Gasteiger charge is -2.21. The van der Waals surface area contributed by atoms with E-state index in [1.807, 2.05) is 0 Å². The Morgan fingerprint density at radius 3 is 0.870 bits per heavy atom. The van der Waals surface area contributed by atoms with Gasteiger partial charge >= 0.3 is 39.5 Å². The first kappa shape index (κ1) is 89.0. The van der Waals surface area contributed by atoms with E-state index in [9.17, 15) is 43.2 Å². The summed E-state index contributed by atoms with van der Waals surface area (Å²) in [6, 6.07) is 0. The second-order valence-electron chi connectivity index (χ2n) is 24.9. The number of carbonyl (C=O) groups is 4. The van der Waals surface area contributed by atoms with Gasteiger partial charge in [0.05, 0.1) is 26.4 Å². The van der Waals surface area contributed by atoms with Gasteiger partial charge in [-0.2, -0.15) is 0 Å². The van der Waals surface area contributed by atoms with Crippen molar-refractivity contribution in [2.75, 3.05) is 39.6 Å². The lowest BCUT2D eigenvalue weighted by molar-refractivity contribution is -0.161. The topological polar surface area (TPSA) is 237 Å². The maximum absolute atomic E-state index is 13.0. The number of rotatable bonds is 70. The van der Waals surface area contributed by atoms with Gasteiger partial charge in [0.25, 0.3) is 0 Å². The molecule has 0 aromatic rings. The molecule has 17 nitrogen and oxygen atoms in total. The number of hydrogen-bond acceptors (Lipinski definition) is 15. The third-order valence-electron chi connectivity index (χ3n) is 15.8.